The maximum absolute atomic E-state index is 2.49. The van der Waals surface area contributed by atoms with Crippen molar-refractivity contribution in [2.45, 2.75) is 0 Å². The Bertz CT molecular complexity index is 3470. The molecule has 256 valence electrons. The van der Waals surface area contributed by atoms with Crippen molar-refractivity contribution in [1.82, 2.24) is 9.13 Å². The van der Waals surface area contributed by atoms with Crippen molar-refractivity contribution in [2.75, 3.05) is 0 Å². The van der Waals surface area contributed by atoms with Gasteiger partial charge in [0.1, 0.15) is 0 Å². The van der Waals surface area contributed by atoms with E-state index in [1.165, 1.54) is 108 Å². The number of hydrogen-bond donors (Lipinski definition) is 0. The minimum absolute atomic E-state index is 1.17. The van der Waals surface area contributed by atoms with Gasteiger partial charge in [0.2, 0.25) is 0 Å². The number of rotatable bonds is 4. The Morgan fingerprint density at radius 1 is 0.327 bits per heavy atom. The lowest BCUT2D eigenvalue weighted by Gasteiger charge is -2.15. The predicted molar refractivity (Wildman–Crippen MR) is 236 cm³/mol. The van der Waals surface area contributed by atoms with Gasteiger partial charge < -0.3 is 9.13 Å². The molecule has 0 N–H and O–H groups in total. The van der Waals surface area contributed by atoms with Crippen molar-refractivity contribution >= 4 is 85.9 Å². The van der Waals surface area contributed by atoms with E-state index >= 15 is 0 Å². The Morgan fingerprint density at radius 2 is 0.982 bits per heavy atom. The highest BCUT2D eigenvalue weighted by atomic mass is 32.1. The Hall–Kier alpha value is -6.94. The third kappa shape index (κ3) is 4.48. The molecule has 0 saturated heterocycles. The molecule has 0 fully saturated rings. The predicted octanol–water partition coefficient (Wildman–Crippen LogP) is 14.7. The normalized spacial score (nSPS) is 12.0. The molecule has 0 saturated carbocycles. The number of hydrogen-bond acceptors (Lipinski definition) is 1. The maximum atomic E-state index is 2.49. The average Bonchev–Trinajstić information content (AvgIpc) is 3.90. The standard InChI is InChI=1S/C52H32N2S/c1-3-14-33(15-4-1)35-18-13-19-36(30-35)53-46-25-12-10-23-42(46)51-48(53)29-27-41-44-31-43-40-22-9-11-24-45(40)54(49(43)32-50(44)55-52(41)51)47-28-26-37(34-16-5-2-6-17-34)38-20-7-8-21-39(38)47/h1-32H. The quantitative estimate of drug-likeness (QED) is 0.172. The summed E-state index contributed by atoms with van der Waals surface area (Å²) in [7, 11) is 0. The fourth-order valence-electron chi connectivity index (χ4n) is 9.09. The highest BCUT2D eigenvalue weighted by Crippen LogP contribution is 2.46. The van der Waals surface area contributed by atoms with Gasteiger partial charge >= 0.3 is 0 Å². The first-order valence-electron chi connectivity index (χ1n) is 18.9. The molecule has 3 heterocycles. The molecule has 0 bridgehead atoms. The summed E-state index contributed by atoms with van der Waals surface area (Å²) >= 11 is 1.92. The van der Waals surface area contributed by atoms with Crippen LogP contribution in [-0.4, -0.2) is 9.13 Å². The molecule has 12 rings (SSSR count). The first-order valence-corrected chi connectivity index (χ1v) is 19.7. The first-order chi connectivity index (χ1) is 27.3. The highest BCUT2D eigenvalue weighted by Gasteiger charge is 2.21. The lowest BCUT2D eigenvalue weighted by molar-refractivity contribution is 1.18. The van der Waals surface area contributed by atoms with Gasteiger partial charge in [0.05, 0.1) is 27.8 Å². The van der Waals surface area contributed by atoms with Gasteiger partial charge in [0, 0.05) is 52.8 Å². The molecule has 12 aromatic rings. The Labute approximate surface area is 321 Å². The summed E-state index contributed by atoms with van der Waals surface area (Å²) in [5, 5.41) is 10.3. The van der Waals surface area contributed by atoms with Gasteiger partial charge in [-0.05, 0) is 76.2 Å². The number of benzene rings is 9. The minimum atomic E-state index is 1.17. The molecule has 0 atom stereocenters. The summed E-state index contributed by atoms with van der Waals surface area (Å²) in [5.74, 6) is 0. The molecule has 2 nitrogen and oxygen atoms in total. The summed E-state index contributed by atoms with van der Waals surface area (Å²) in [6.45, 7) is 0. The summed E-state index contributed by atoms with van der Waals surface area (Å²) in [5.41, 5.74) is 12.2. The van der Waals surface area contributed by atoms with Gasteiger partial charge in [-0.1, -0.05) is 146 Å². The molecule has 0 radical (unpaired) electrons. The van der Waals surface area contributed by atoms with Gasteiger partial charge in [0.15, 0.2) is 0 Å². The second-order valence-electron chi connectivity index (χ2n) is 14.5. The number of nitrogens with zero attached hydrogens (tertiary/aromatic N) is 2. The fourth-order valence-corrected chi connectivity index (χ4v) is 10.4. The Morgan fingerprint density at radius 3 is 1.78 bits per heavy atom. The van der Waals surface area contributed by atoms with Crippen LogP contribution in [0.1, 0.15) is 0 Å². The van der Waals surface area contributed by atoms with Crippen LogP contribution in [0, 0.1) is 0 Å². The van der Waals surface area contributed by atoms with E-state index in [0.29, 0.717) is 0 Å². The largest absolute Gasteiger partial charge is 0.309 e. The van der Waals surface area contributed by atoms with Crippen LogP contribution in [0.2, 0.25) is 0 Å². The molecule has 55 heavy (non-hydrogen) atoms. The average molecular weight is 717 g/mol. The van der Waals surface area contributed by atoms with Crippen LogP contribution in [-0.2, 0) is 0 Å². The van der Waals surface area contributed by atoms with E-state index in [1.54, 1.807) is 0 Å². The smallest absolute Gasteiger partial charge is 0.0555 e. The number of fused-ring (bicyclic) bond motifs is 11. The monoisotopic (exact) mass is 716 g/mol. The van der Waals surface area contributed by atoms with Crippen molar-refractivity contribution in [2.24, 2.45) is 0 Å². The van der Waals surface area contributed by atoms with Gasteiger partial charge in [-0.3, -0.25) is 0 Å². The lowest BCUT2D eigenvalue weighted by atomic mass is 9.97. The summed E-state index contributed by atoms with van der Waals surface area (Å²) in [4.78, 5) is 0. The highest BCUT2D eigenvalue weighted by molar-refractivity contribution is 7.26. The van der Waals surface area contributed by atoms with E-state index in [9.17, 15) is 0 Å². The first kappa shape index (κ1) is 30.5. The number of aromatic nitrogens is 2. The number of para-hydroxylation sites is 2. The zero-order valence-electron chi connectivity index (χ0n) is 29.8. The third-order valence-electron chi connectivity index (χ3n) is 11.5. The van der Waals surface area contributed by atoms with Crippen LogP contribution in [0.3, 0.4) is 0 Å². The van der Waals surface area contributed by atoms with E-state index < -0.39 is 0 Å². The van der Waals surface area contributed by atoms with E-state index in [-0.39, 0.29) is 0 Å². The SMILES string of the molecule is c1ccc(-c2cccc(-n3c4ccccc4c4c5sc6cc7c(cc6c5ccc43)c3ccccc3n7-c3ccc(-c4ccccc4)c4ccccc34)c2)cc1. The molecule has 0 aliphatic rings. The summed E-state index contributed by atoms with van der Waals surface area (Å²) in [6, 6.07) is 71.2. The van der Waals surface area contributed by atoms with E-state index in [4.69, 9.17) is 0 Å². The molecule has 0 unspecified atom stereocenters. The number of thiophene rings is 1. The zero-order valence-corrected chi connectivity index (χ0v) is 30.6. The summed E-state index contributed by atoms with van der Waals surface area (Å²) < 4.78 is 7.57. The molecule has 0 spiro atoms. The topological polar surface area (TPSA) is 9.86 Å². The van der Waals surface area contributed by atoms with Crippen LogP contribution in [0.25, 0.3) is 108 Å². The molecule has 0 amide bonds. The second kappa shape index (κ2) is 11.8. The third-order valence-corrected chi connectivity index (χ3v) is 12.7. The Kier molecular flexibility index (Phi) is 6.54. The maximum Gasteiger partial charge on any atom is 0.0555 e. The van der Waals surface area contributed by atoms with Crippen LogP contribution in [0.4, 0.5) is 0 Å². The Balaban J connectivity index is 1.12. The molecule has 3 heteroatoms. The minimum Gasteiger partial charge on any atom is -0.309 e. The van der Waals surface area contributed by atoms with Crippen LogP contribution < -0.4 is 0 Å². The molecule has 0 aliphatic carbocycles. The van der Waals surface area contributed by atoms with Crippen molar-refractivity contribution in [3.63, 3.8) is 0 Å². The fraction of sp³-hybridized carbons (Fsp3) is 0. The zero-order chi connectivity index (χ0) is 36.0. The van der Waals surface area contributed by atoms with E-state index in [2.05, 4.69) is 203 Å². The molecule has 9 aromatic carbocycles. The van der Waals surface area contributed by atoms with Crippen LogP contribution in [0.5, 0.6) is 0 Å². The van der Waals surface area contributed by atoms with Gasteiger partial charge in [-0.15, -0.1) is 11.3 Å². The van der Waals surface area contributed by atoms with Gasteiger partial charge in [-0.25, -0.2) is 0 Å². The van der Waals surface area contributed by atoms with Crippen molar-refractivity contribution in [1.29, 1.82) is 0 Å². The van der Waals surface area contributed by atoms with Crippen molar-refractivity contribution in [3.05, 3.63) is 194 Å². The van der Waals surface area contributed by atoms with Crippen molar-refractivity contribution < 1.29 is 0 Å². The summed E-state index contributed by atoms with van der Waals surface area (Å²) in [6.07, 6.45) is 0. The molecule has 0 aliphatic heterocycles. The second-order valence-corrected chi connectivity index (χ2v) is 15.5. The van der Waals surface area contributed by atoms with Crippen LogP contribution in [0.15, 0.2) is 194 Å². The van der Waals surface area contributed by atoms with Crippen molar-refractivity contribution in [3.8, 4) is 33.6 Å². The lowest BCUT2D eigenvalue weighted by Crippen LogP contribution is -1.96. The van der Waals surface area contributed by atoms with Gasteiger partial charge in [0.25, 0.3) is 0 Å². The van der Waals surface area contributed by atoms with E-state index in [0.717, 1.165) is 0 Å². The molecular weight excluding hydrogens is 685 g/mol. The molecular formula is C52H32N2S. The van der Waals surface area contributed by atoms with E-state index in [1.807, 2.05) is 11.3 Å². The molecule has 3 aromatic heterocycles. The van der Waals surface area contributed by atoms with Gasteiger partial charge in [-0.2, -0.15) is 0 Å². The van der Waals surface area contributed by atoms with Crippen LogP contribution >= 0.6 is 11.3 Å².